The van der Waals surface area contributed by atoms with Crippen molar-refractivity contribution in [3.8, 4) is 0 Å². The Morgan fingerprint density at radius 3 is 2.94 bits per heavy atom. The monoisotopic (exact) mass is 276 g/mol. The van der Waals surface area contributed by atoms with E-state index in [1.165, 1.54) is 11.8 Å². The number of nitrogens with zero attached hydrogens (tertiary/aromatic N) is 1. The summed E-state index contributed by atoms with van der Waals surface area (Å²) in [6, 6.07) is -0.974. The number of carboxylic acids is 1. The van der Waals surface area contributed by atoms with Crippen LogP contribution in [-0.4, -0.2) is 72.1 Å². The molecule has 1 aliphatic heterocycles. The highest BCUT2D eigenvalue weighted by molar-refractivity contribution is 7.99. The maximum Gasteiger partial charge on any atom is 0.328 e. The number of hydrogen-bond acceptors (Lipinski definition) is 5. The summed E-state index contributed by atoms with van der Waals surface area (Å²) in [5, 5.41) is 11.4. The molecule has 2 N–H and O–H groups in total. The molecule has 0 saturated carbocycles. The topological polar surface area (TPSA) is 95.9 Å². The molecule has 18 heavy (non-hydrogen) atoms. The van der Waals surface area contributed by atoms with Crippen LogP contribution in [-0.2, 0) is 19.1 Å². The van der Waals surface area contributed by atoms with E-state index in [9.17, 15) is 14.4 Å². The summed E-state index contributed by atoms with van der Waals surface area (Å²) >= 11 is 1.35. The first-order chi connectivity index (χ1) is 8.56. The van der Waals surface area contributed by atoms with Crippen molar-refractivity contribution in [3.05, 3.63) is 0 Å². The summed E-state index contributed by atoms with van der Waals surface area (Å²) in [4.78, 5) is 35.1. The lowest BCUT2D eigenvalue weighted by molar-refractivity contribution is -0.152. The maximum absolute atomic E-state index is 11.8. The number of ether oxygens (including phenoxy) is 1. The summed E-state index contributed by atoms with van der Waals surface area (Å²) in [5.41, 5.74) is 0. The van der Waals surface area contributed by atoms with Crippen LogP contribution in [0.25, 0.3) is 0 Å². The number of carbonyl (C=O) groups excluding carboxylic acids is 2. The Kier molecular flexibility index (Phi) is 5.93. The predicted molar refractivity (Wildman–Crippen MR) is 65.3 cm³/mol. The average molecular weight is 276 g/mol. The fourth-order valence-corrected chi connectivity index (χ4v) is 2.28. The molecule has 1 fully saturated rings. The first-order valence-electron chi connectivity index (χ1n) is 5.42. The van der Waals surface area contributed by atoms with Crippen molar-refractivity contribution in [1.29, 1.82) is 0 Å². The van der Waals surface area contributed by atoms with Gasteiger partial charge < -0.3 is 20.1 Å². The summed E-state index contributed by atoms with van der Waals surface area (Å²) in [5.74, 6) is -0.966. The second-order valence-corrected chi connectivity index (χ2v) is 4.83. The highest BCUT2D eigenvalue weighted by Crippen LogP contribution is 2.09. The molecule has 0 aromatic carbocycles. The average Bonchev–Trinajstić information content (AvgIpc) is 2.34. The Balaban J connectivity index is 2.50. The van der Waals surface area contributed by atoms with Crippen molar-refractivity contribution in [2.24, 2.45) is 0 Å². The van der Waals surface area contributed by atoms with Crippen molar-refractivity contribution in [2.45, 2.75) is 6.04 Å². The molecular weight excluding hydrogens is 260 g/mol. The van der Waals surface area contributed by atoms with Gasteiger partial charge in [-0.1, -0.05) is 0 Å². The van der Waals surface area contributed by atoms with Crippen LogP contribution in [0.1, 0.15) is 0 Å². The van der Waals surface area contributed by atoms with E-state index in [1.54, 1.807) is 7.11 Å². The van der Waals surface area contributed by atoms with Crippen molar-refractivity contribution in [2.75, 3.05) is 38.3 Å². The van der Waals surface area contributed by atoms with Gasteiger partial charge in [0.15, 0.2) is 0 Å². The summed E-state index contributed by atoms with van der Waals surface area (Å²) in [6.07, 6.45) is 0. The normalized spacial score (nSPS) is 19.5. The molecule has 0 bridgehead atoms. The maximum atomic E-state index is 11.8. The van der Waals surface area contributed by atoms with Gasteiger partial charge in [-0.3, -0.25) is 9.59 Å². The number of piperazine rings is 1. The van der Waals surface area contributed by atoms with Gasteiger partial charge in [0.2, 0.25) is 11.8 Å². The van der Waals surface area contributed by atoms with E-state index in [0.29, 0.717) is 12.4 Å². The first-order valence-corrected chi connectivity index (χ1v) is 6.57. The van der Waals surface area contributed by atoms with Crippen LogP contribution in [0.4, 0.5) is 0 Å². The van der Waals surface area contributed by atoms with Gasteiger partial charge in [-0.05, 0) is 0 Å². The second-order valence-electron chi connectivity index (χ2n) is 3.73. The van der Waals surface area contributed by atoms with Crippen molar-refractivity contribution in [1.82, 2.24) is 10.2 Å². The minimum atomic E-state index is -1.11. The zero-order valence-electron chi connectivity index (χ0n) is 10.0. The lowest BCUT2D eigenvalue weighted by atomic mass is 10.2. The van der Waals surface area contributed by atoms with E-state index in [1.807, 2.05) is 0 Å². The number of carboxylic acid groups (broad SMARTS) is 1. The van der Waals surface area contributed by atoms with Crippen LogP contribution in [0.2, 0.25) is 0 Å². The molecular formula is C10H16N2O5S. The van der Waals surface area contributed by atoms with Crippen molar-refractivity contribution < 1.29 is 24.2 Å². The van der Waals surface area contributed by atoms with Gasteiger partial charge in [0, 0.05) is 19.4 Å². The number of amides is 2. The zero-order chi connectivity index (χ0) is 13.5. The van der Waals surface area contributed by atoms with Gasteiger partial charge in [-0.25, -0.2) is 4.79 Å². The lowest BCUT2D eigenvalue weighted by Gasteiger charge is -2.32. The van der Waals surface area contributed by atoms with Gasteiger partial charge >= 0.3 is 5.97 Å². The molecule has 1 atom stereocenters. The predicted octanol–water partition coefficient (Wildman–Crippen LogP) is -1.22. The molecule has 102 valence electrons. The van der Waals surface area contributed by atoms with E-state index in [2.05, 4.69) is 5.32 Å². The highest BCUT2D eigenvalue weighted by atomic mass is 32.2. The molecule has 0 radical (unpaired) electrons. The van der Waals surface area contributed by atoms with Crippen LogP contribution in [0, 0.1) is 0 Å². The number of carbonyl (C=O) groups is 3. The molecule has 0 spiro atoms. The van der Waals surface area contributed by atoms with Gasteiger partial charge in [0.1, 0.15) is 12.6 Å². The first kappa shape index (κ1) is 14.8. The third-order valence-electron chi connectivity index (χ3n) is 2.45. The van der Waals surface area contributed by atoms with Gasteiger partial charge in [0.05, 0.1) is 12.4 Å². The quantitative estimate of drug-likeness (QED) is 0.590. The Bertz CT molecular complexity index is 336. The largest absolute Gasteiger partial charge is 0.480 e. The van der Waals surface area contributed by atoms with E-state index in [4.69, 9.17) is 9.84 Å². The van der Waals surface area contributed by atoms with Gasteiger partial charge in [0.25, 0.3) is 0 Å². The minimum Gasteiger partial charge on any atom is -0.480 e. The Labute approximate surface area is 109 Å². The fourth-order valence-electron chi connectivity index (χ4n) is 1.51. The summed E-state index contributed by atoms with van der Waals surface area (Å²) < 4.78 is 4.84. The van der Waals surface area contributed by atoms with Crippen molar-refractivity contribution in [3.63, 3.8) is 0 Å². The number of hydrogen-bond donors (Lipinski definition) is 2. The Morgan fingerprint density at radius 1 is 1.61 bits per heavy atom. The molecule has 0 aliphatic carbocycles. The number of aliphatic carboxylic acids is 1. The molecule has 2 amide bonds. The minimum absolute atomic E-state index is 0.0390. The van der Waals surface area contributed by atoms with Crippen LogP contribution < -0.4 is 5.32 Å². The molecule has 7 nitrogen and oxygen atoms in total. The van der Waals surface area contributed by atoms with E-state index >= 15 is 0 Å². The third-order valence-corrected chi connectivity index (χ3v) is 3.35. The number of rotatable bonds is 6. The second kappa shape index (κ2) is 7.22. The number of nitrogens with one attached hydrogen (secondary N) is 1. The van der Waals surface area contributed by atoms with Crippen LogP contribution in [0.15, 0.2) is 0 Å². The fraction of sp³-hybridized carbons (Fsp3) is 0.700. The van der Waals surface area contributed by atoms with Crippen LogP contribution >= 0.6 is 11.8 Å². The highest BCUT2D eigenvalue weighted by Gasteiger charge is 2.34. The SMILES string of the molecule is COCCSCC(=O)N1CC(=O)NCC1C(=O)O. The Morgan fingerprint density at radius 2 is 2.33 bits per heavy atom. The number of methoxy groups -OCH3 is 1. The van der Waals surface area contributed by atoms with Crippen LogP contribution in [0.5, 0.6) is 0 Å². The molecule has 1 unspecified atom stereocenters. The van der Waals surface area contributed by atoms with E-state index in [-0.39, 0.29) is 30.7 Å². The van der Waals surface area contributed by atoms with E-state index < -0.39 is 12.0 Å². The molecule has 1 rings (SSSR count). The smallest absolute Gasteiger partial charge is 0.328 e. The Hall–Kier alpha value is -1.28. The molecule has 8 heteroatoms. The molecule has 0 aromatic rings. The standard InChI is InChI=1S/C10H16N2O5S/c1-17-2-3-18-6-9(14)12-5-8(13)11-4-7(12)10(15)16/h7H,2-6H2,1H3,(H,11,13)(H,15,16). The molecule has 0 aromatic heterocycles. The van der Waals surface area contributed by atoms with Crippen molar-refractivity contribution >= 4 is 29.5 Å². The molecule has 1 heterocycles. The lowest BCUT2D eigenvalue weighted by Crippen LogP contribution is -2.59. The van der Waals surface area contributed by atoms with E-state index in [0.717, 1.165) is 4.90 Å². The zero-order valence-corrected chi connectivity index (χ0v) is 10.9. The summed E-state index contributed by atoms with van der Waals surface area (Å²) in [7, 11) is 1.57. The number of thioether (sulfide) groups is 1. The molecule has 1 saturated heterocycles. The third kappa shape index (κ3) is 4.19. The van der Waals surface area contributed by atoms with Crippen LogP contribution in [0.3, 0.4) is 0 Å². The van der Waals surface area contributed by atoms with Gasteiger partial charge in [-0.2, -0.15) is 0 Å². The van der Waals surface area contributed by atoms with Gasteiger partial charge in [-0.15, -0.1) is 11.8 Å². The molecule has 1 aliphatic rings. The summed E-state index contributed by atoms with van der Waals surface area (Å²) in [6.45, 7) is 0.296.